The van der Waals surface area contributed by atoms with Gasteiger partial charge in [0.1, 0.15) is 11.6 Å². The van der Waals surface area contributed by atoms with Gasteiger partial charge in [0.15, 0.2) is 0 Å². The third kappa shape index (κ3) is 2.98. The smallest absolute Gasteiger partial charge is 0.133 e. The fraction of sp³-hybridized carbons (Fsp3) is 0.412. The summed E-state index contributed by atoms with van der Waals surface area (Å²) < 4.78 is 0. The molecule has 0 radical (unpaired) electrons. The first kappa shape index (κ1) is 14.5. The van der Waals surface area contributed by atoms with Crippen LogP contribution in [0.4, 0.5) is 5.82 Å². The Balaban J connectivity index is 2.61. The second-order valence-corrected chi connectivity index (χ2v) is 5.46. The summed E-state index contributed by atoms with van der Waals surface area (Å²) in [4.78, 5) is 9.42. The molecular formula is C17H23N3. The zero-order valence-electron chi connectivity index (χ0n) is 13.0. The Kier molecular flexibility index (Phi) is 4.38. The van der Waals surface area contributed by atoms with Crippen molar-refractivity contribution >= 4 is 5.82 Å². The van der Waals surface area contributed by atoms with Crippen LogP contribution < -0.4 is 5.32 Å². The molecule has 20 heavy (non-hydrogen) atoms. The summed E-state index contributed by atoms with van der Waals surface area (Å²) in [7, 11) is 0. The zero-order chi connectivity index (χ0) is 14.7. The summed E-state index contributed by atoms with van der Waals surface area (Å²) >= 11 is 0. The molecule has 0 spiro atoms. The predicted molar refractivity (Wildman–Crippen MR) is 85.2 cm³/mol. The van der Waals surface area contributed by atoms with E-state index in [-0.39, 0.29) is 0 Å². The van der Waals surface area contributed by atoms with Gasteiger partial charge in [0.05, 0.1) is 5.69 Å². The third-order valence-corrected chi connectivity index (χ3v) is 3.32. The van der Waals surface area contributed by atoms with Gasteiger partial charge in [-0.2, -0.15) is 0 Å². The van der Waals surface area contributed by atoms with Gasteiger partial charge in [-0.1, -0.05) is 37.6 Å². The van der Waals surface area contributed by atoms with E-state index in [1.807, 2.05) is 0 Å². The SMILES string of the molecule is CCNc1nc(C(C)C)nc(-c2cccc(C)c2)c1C. The first-order valence-electron chi connectivity index (χ1n) is 7.22. The molecule has 0 aliphatic heterocycles. The van der Waals surface area contributed by atoms with Crippen LogP contribution in [0.2, 0.25) is 0 Å². The van der Waals surface area contributed by atoms with Gasteiger partial charge < -0.3 is 5.32 Å². The van der Waals surface area contributed by atoms with Gasteiger partial charge in [0.2, 0.25) is 0 Å². The van der Waals surface area contributed by atoms with Crippen molar-refractivity contribution in [2.24, 2.45) is 0 Å². The number of hydrogen-bond donors (Lipinski definition) is 1. The molecule has 106 valence electrons. The maximum atomic E-state index is 4.77. The van der Waals surface area contributed by atoms with Crippen molar-refractivity contribution in [3.05, 3.63) is 41.2 Å². The molecule has 1 heterocycles. The second-order valence-electron chi connectivity index (χ2n) is 5.46. The second kappa shape index (κ2) is 6.04. The summed E-state index contributed by atoms with van der Waals surface area (Å²) in [5.41, 5.74) is 4.55. The van der Waals surface area contributed by atoms with Crippen LogP contribution in [0.1, 0.15) is 43.6 Å². The molecular weight excluding hydrogens is 246 g/mol. The third-order valence-electron chi connectivity index (χ3n) is 3.32. The highest BCUT2D eigenvalue weighted by Crippen LogP contribution is 2.28. The van der Waals surface area contributed by atoms with Crippen molar-refractivity contribution in [1.29, 1.82) is 0 Å². The van der Waals surface area contributed by atoms with Gasteiger partial charge in [-0.05, 0) is 26.8 Å². The number of hydrogen-bond acceptors (Lipinski definition) is 3. The van der Waals surface area contributed by atoms with Gasteiger partial charge in [-0.15, -0.1) is 0 Å². The van der Waals surface area contributed by atoms with E-state index in [0.717, 1.165) is 35.0 Å². The molecule has 0 aliphatic carbocycles. The lowest BCUT2D eigenvalue weighted by Gasteiger charge is -2.15. The molecule has 0 saturated carbocycles. The average molecular weight is 269 g/mol. The molecule has 2 rings (SSSR count). The average Bonchev–Trinajstić information content (AvgIpc) is 2.41. The van der Waals surface area contributed by atoms with E-state index in [2.05, 4.69) is 69.2 Å². The van der Waals surface area contributed by atoms with E-state index in [1.54, 1.807) is 0 Å². The lowest BCUT2D eigenvalue weighted by Crippen LogP contribution is -2.09. The monoisotopic (exact) mass is 269 g/mol. The van der Waals surface area contributed by atoms with Crippen LogP contribution in [0.25, 0.3) is 11.3 Å². The number of anilines is 1. The summed E-state index contributed by atoms with van der Waals surface area (Å²) in [5.74, 6) is 2.15. The van der Waals surface area contributed by atoms with Gasteiger partial charge in [-0.25, -0.2) is 9.97 Å². The van der Waals surface area contributed by atoms with Crippen molar-refractivity contribution in [3.8, 4) is 11.3 Å². The summed E-state index contributed by atoms with van der Waals surface area (Å²) in [6.45, 7) is 11.4. The Labute approximate surface area is 121 Å². The Morgan fingerprint density at radius 2 is 1.90 bits per heavy atom. The van der Waals surface area contributed by atoms with E-state index in [1.165, 1.54) is 5.56 Å². The zero-order valence-corrected chi connectivity index (χ0v) is 13.0. The van der Waals surface area contributed by atoms with Crippen molar-refractivity contribution in [3.63, 3.8) is 0 Å². The number of nitrogens with one attached hydrogen (secondary N) is 1. The molecule has 0 atom stereocenters. The Hall–Kier alpha value is -1.90. The molecule has 1 aromatic heterocycles. The van der Waals surface area contributed by atoms with E-state index in [9.17, 15) is 0 Å². The highest BCUT2D eigenvalue weighted by Gasteiger charge is 2.14. The molecule has 3 nitrogen and oxygen atoms in total. The summed E-state index contributed by atoms with van der Waals surface area (Å²) in [6, 6.07) is 8.47. The van der Waals surface area contributed by atoms with E-state index >= 15 is 0 Å². The number of nitrogens with zero attached hydrogens (tertiary/aromatic N) is 2. The van der Waals surface area contributed by atoms with E-state index in [0.29, 0.717) is 5.92 Å². The van der Waals surface area contributed by atoms with Gasteiger partial charge in [0, 0.05) is 23.6 Å². The fourth-order valence-corrected chi connectivity index (χ4v) is 2.21. The number of aryl methyl sites for hydroxylation is 1. The lowest BCUT2D eigenvalue weighted by molar-refractivity contribution is 0.774. The number of rotatable bonds is 4. The maximum Gasteiger partial charge on any atom is 0.133 e. The van der Waals surface area contributed by atoms with Crippen LogP contribution in [0.5, 0.6) is 0 Å². The first-order chi connectivity index (χ1) is 9.52. The Bertz CT molecular complexity index is 603. The highest BCUT2D eigenvalue weighted by molar-refractivity contribution is 5.68. The van der Waals surface area contributed by atoms with Crippen LogP contribution in [0.15, 0.2) is 24.3 Å². The van der Waals surface area contributed by atoms with Crippen LogP contribution in [-0.2, 0) is 0 Å². The largest absolute Gasteiger partial charge is 0.370 e. The van der Waals surface area contributed by atoms with Crippen LogP contribution in [0, 0.1) is 13.8 Å². The van der Waals surface area contributed by atoms with Crippen molar-refractivity contribution in [2.45, 2.75) is 40.5 Å². The summed E-state index contributed by atoms with van der Waals surface area (Å²) in [5, 5.41) is 3.34. The molecule has 0 aliphatic rings. The van der Waals surface area contributed by atoms with E-state index < -0.39 is 0 Å². The van der Waals surface area contributed by atoms with Crippen LogP contribution >= 0.6 is 0 Å². The van der Waals surface area contributed by atoms with E-state index in [4.69, 9.17) is 4.98 Å². The van der Waals surface area contributed by atoms with Gasteiger partial charge >= 0.3 is 0 Å². The minimum absolute atomic E-state index is 0.316. The minimum atomic E-state index is 0.316. The van der Waals surface area contributed by atoms with Gasteiger partial charge in [-0.3, -0.25) is 0 Å². The topological polar surface area (TPSA) is 37.8 Å². The Morgan fingerprint density at radius 1 is 1.15 bits per heavy atom. The summed E-state index contributed by atoms with van der Waals surface area (Å²) in [6.07, 6.45) is 0. The molecule has 0 saturated heterocycles. The van der Waals surface area contributed by atoms with Crippen LogP contribution in [0.3, 0.4) is 0 Å². The molecule has 1 aromatic carbocycles. The predicted octanol–water partition coefficient (Wildman–Crippen LogP) is 4.32. The first-order valence-corrected chi connectivity index (χ1v) is 7.22. The molecule has 0 amide bonds. The number of aromatic nitrogens is 2. The highest BCUT2D eigenvalue weighted by atomic mass is 15.0. The molecule has 0 fully saturated rings. The molecule has 0 unspecified atom stereocenters. The standard InChI is InChI=1S/C17H23N3/c1-6-18-17-13(5)15(19-16(20-17)11(2)3)14-9-7-8-12(4)10-14/h7-11H,6H2,1-5H3,(H,18,19,20). The van der Waals surface area contributed by atoms with Crippen LogP contribution in [-0.4, -0.2) is 16.5 Å². The lowest BCUT2D eigenvalue weighted by atomic mass is 10.0. The fourth-order valence-electron chi connectivity index (χ4n) is 2.21. The van der Waals surface area contributed by atoms with Crippen molar-refractivity contribution in [1.82, 2.24) is 9.97 Å². The molecule has 2 aromatic rings. The maximum absolute atomic E-state index is 4.77. The van der Waals surface area contributed by atoms with Gasteiger partial charge in [0.25, 0.3) is 0 Å². The molecule has 0 bridgehead atoms. The van der Waals surface area contributed by atoms with Crippen molar-refractivity contribution < 1.29 is 0 Å². The van der Waals surface area contributed by atoms with Crippen molar-refractivity contribution in [2.75, 3.05) is 11.9 Å². The normalized spacial score (nSPS) is 10.9. The Morgan fingerprint density at radius 3 is 2.50 bits per heavy atom. The quantitative estimate of drug-likeness (QED) is 0.898. The number of benzene rings is 1. The molecule has 1 N–H and O–H groups in total. The molecule has 3 heteroatoms. The minimum Gasteiger partial charge on any atom is -0.370 e.